The maximum Gasteiger partial charge on any atom is 0.196 e. The summed E-state index contributed by atoms with van der Waals surface area (Å²) >= 11 is 1.56. The van der Waals surface area contributed by atoms with Crippen molar-refractivity contribution in [3.8, 4) is 0 Å². The van der Waals surface area contributed by atoms with Crippen molar-refractivity contribution in [1.29, 1.82) is 0 Å². The van der Waals surface area contributed by atoms with Crippen molar-refractivity contribution in [3.63, 3.8) is 0 Å². The molecule has 3 heteroatoms. The number of carbonyl (C=O) groups excluding carboxylic acids is 1. The minimum absolute atomic E-state index is 0.144. The zero-order valence-corrected chi connectivity index (χ0v) is 12.8. The molecule has 17 heavy (non-hydrogen) atoms. The van der Waals surface area contributed by atoms with Crippen LogP contribution in [0.5, 0.6) is 0 Å². The fraction of sp³-hybridized carbons (Fsp3) is 0.714. The minimum Gasteiger partial charge on any atom is -0.291 e. The van der Waals surface area contributed by atoms with Gasteiger partial charge in [0.25, 0.3) is 0 Å². The van der Waals surface area contributed by atoms with E-state index in [9.17, 15) is 4.79 Å². The Labute approximate surface area is 108 Å². The number of ketones is 1. The highest BCUT2D eigenvalue weighted by Crippen LogP contribution is 2.30. The van der Waals surface area contributed by atoms with Crippen molar-refractivity contribution in [2.45, 2.75) is 54.9 Å². The average molecular weight is 253 g/mol. The van der Waals surface area contributed by atoms with Crippen molar-refractivity contribution >= 4 is 17.1 Å². The van der Waals surface area contributed by atoms with Crippen molar-refractivity contribution in [2.24, 2.45) is 10.8 Å². The Morgan fingerprint density at radius 2 is 1.71 bits per heavy atom. The lowest BCUT2D eigenvalue weighted by Gasteiger charge is -2.16. The molecule has 0 fully saturated rings. The van der Waals surface area contributed by atoms with Crippen molar-refractivity contribution in [2.75, 3.05) is 0 Å². The van der Waals surface area contributed by atoms with Gasteiger partial charge in [-0.1, -0.05) is 41.5 Å². The number of Topliss-reactive ketones (excluding diaryl/α,β-unsaturated/α-hetero) is 1. The quantitative estimate of drug-likeness (QED) is 0.737. The molecule has 0 aliphatic heterocycles. The van der Waals surface area contributed by atoms with E-state index in [-0.39, 0.29) is 16.6 Å². The van der Waals surface area contributed by atoms with Gasteiger partial charge in [0.05, 0.1) is 5.69 Å². The van der Waals surface area contributed by atoms with Gasteiger partial charge in [-0.3, -0.25) is 4.79 Å². The maximum absolute atomic E-state index is 12.1. The fourth-order valence-corrected chi connectivity index (χ4v) is 3.01. The van der Waals surface area contributed by atoms with Gasteiger partial charge in [0, 0.05) is 10.3 Å². The molecule has 0 saturated heterocycles. The number of rotatable bonds is 2. The third-order valence-corrected chi connectivity index (χ3v) is 3.62. The molecule has 0 radical (unpaired) electrons. The van der Waals surface area contributed by atoms with Crippen molar-refractivity contribution in [3.05, 3.63) is 15.6 Å². The Morgan fingerprint density at radius 1 is 1.18 bits per heavy atom. The molecule has 0 N–H and O–H groups in total. The summed E-state index contributed by atoms with van der Waals surface area (Å²) in [6.07, 6.45) is 0.980. The standard InChI is InChI=1S/C14H23NOS/c1-9-10(8-13(2,3)4)17-12(15-9)11(16)14(5,6)7/h8H2,1-7H3. The summed E-state index contributed by atoms with van der Waals surface area (Å²) in [7, 11) is 0. The van der Waals surface area contributed by atoms with Crippen LogP contribution in [0.2, 0.25) is 0 Å². The number of hydrogen-bond acceptors (Lipinski definition) is 3. The van der Waals surface area contributed by atoms with Crippen LogP contribution in [0, 0.1) is 17.8 Å². The van der Waals surface area contributed by atoms with E-state index in [0.29, 0.717) is 5.01 Å². The van der Waals surface area contributed by atoms with E-state index < -0.39 is 0 Å². The van der Waals surface area contributed by atoms with Gasteiger partial charge < -0.3 is 0 Å². The van der Waals surface area contributed by atoms with Crippen LogP contribution in [0.15, 0.2) is 0 Å². The van der Waals surface area contributed by atoms with Gasteiger partial charge in [-0.15, -0.1) is 11.3 Å². The lowest BCUT2D eigenvalue weighted by Crippen LogP contribution is -2.19. The summed E-state index contributed by atoms with van der Waals surface area (Å²) in [5, 5.41) is 0.661. The van der Waals surface area contributed by atoms with Crippen LogP contribution in [0.25, 0.3) is 0 Å². The number of nitrogens with zero attached hydrogens (tertiary/aromatic N) is 1. The normalized spacial score (nSPS) is 12.9. The molecule has 1 heterocycles. The Morgan fingerprint density at radius 3 is 2.12 bits per heavy atom. The first-order chi connectivity index (χ1) is 7.50. The molecular formula is C14H23NOS. The molecule has 1 aromatic heterocycles. The van der Waals surface area contributed by atoms with E-state index in [0.717, 1.165) is 12.1 Å². The molecule has 0 bridgehead atoms. The van der Waals surface area contributed by atoms with Crippen molar-refractivity contribution < 1.29 is 4.79 Å². The topological polar surface area (TPSA) is 30.0 Å². The van der Waals surface area contributed by atoms with Gasteiger partial charge >= 0.3 is 0 Å². The summed E-state index contributed by atoms with van der Waals surface area (Å²) in [4.78, 5) is 17.8. The second kappa shape index (κ2) is 4.52. The van der Waals surface area contributed by atoms with Gasteiger partial charge in [0.1, 0.15) is 0 Å². The molecule has 96 valence electrons. The zero-order chi connectivity index (χ0) is 13.4. The monoisotopic (exact) mass is 253 g/mol. The van der Waals surface area contributed by atoms with Crippen LogP contribution in [0.1, 0.15) is 61.9 Å². The second-order valence-electron chi connectivity index (χ2n) is 6.84. The molecule has 2 nitrogen and oxygen atoms in total. The van der Waals surface area contributed by atoms with Gasteiger partial charge in [-0.25, -0.2) is 4.98 Å². The van der Waals surface area contributed by atoms with Crippen LogP contribution in [-0.2, 0) is 6.42 Å². The third kappa shape index (κ3) is 3.91. The Balaban J connectivity index is 3.01. The zero-order valence-electron chi connectivity index (χ0n) is 12.0. The van der Waals surface area contributed by atoms with E-state index in [1.807, 2.05) is 27.7 Å². The van der Waals surface area contributed by atoms with E-state index >= 15 is 0 Å². The highest BCUT2D eigenvalue weighted by Gasteiger charge is 2.27. The Bertz CT molecular complexity index is 418. The second-order valence-corrected chi connectivity index (χ2v) is 7.93. The first kappa shape index (κ1) is 14.4. The molecule has 0 atom stereocenters. The first-order valence-corrected chi connectivity index (χ1v) is 6.83. The molecule has 1 aromatic rings. The van der Waals surface area contributed by atoms with Crippen LogP contribution in [0.4, 0.5) is 0 Å². The highest BCUT2D eigenvalue weighted by molar-refractivity contribution is 7.13. The number of hydrogen-bond donors (Lipinski definition) is 0. The molecule has 0 saturated carbocycles. The number of aromatic nitrogens is 1. The van der Waals surface area contributed by atoms with Crippen LogP contribution in [0.3, 0.4) is 0 Å². The minimum atomic E-state index is -0.344. The molecular weight excluding hydrogens is 230 g/mol. The largest absolute Gasteiger partial charge is 0.291 e. The molecule has 0 aromatic carbocycles. The predicted octanol–water partition coefficient (Wildman–Crippen LogP) is 4.27. The predicted molar refractivity (Wildman–Crippen MR) is 73.8 cm³/mol. The van der Waals surface area contributed by atoms with Gasteiger partial charge in [-0.2, -0.15) is 0 Å². The SMILES string of the molecule is Cc1nc(C(=O)C(C)(C)C)sc1CC(C)(C)C. The van der Waals surface area contributed by atoms with Gasteiger partial charge in [-0.05, 0) is 18.8 Å². The molecule has 1 rings (SSSR count). The van der Waals surface area contributed by atoms with Crippen LogP contribution >= 0.6 is 11.3 Å². The fourth-order valence-electron chi connectivity index (χ4n) is 1.49. The number of aryl methyl sites for hydroxylation is 1. The van der Waals surface area contributed by atoms with E-state index in [2.05, 4.69) is 25.8 Å². The summed E-state index contributed by atoms with van der Waals surface area (Å²) in [5.41, 5.74) is 0.903. The lowest BCUT2D eigenvalue weighted by molar-refractivity contribution is 0.0858. The van der Waals surface area contributed by atoms with E-state index in [1.54, 1.807) is 11.3 Å². The smallest absolute Gasteiger partial charge is 0.196 e. The first-order valence-electron chi connectivity index (χ1n) is 6.02. The summed E-state index contributed by atoms with van der Waals surface area (Å²) in [6.45, 7) is 14.4. The molecule has 0 amide bonds. The molecule has 0 spiro atoms. The molecule has 0 unspecified atom stereocenters. The highest BCUT2D eigenvalue weighted by atomic mass is 32.1. The van der Waals surface area contributed by atoms with E-state index in [4.69, 9.17) is 0 Å². The van der Waals surface area contributed by atoms with Crippen molar-refractivity contribution in [1.82, 2.24) is 4.98 Å². The summed E-state index contributed by atoms with van der Waals surface area (Å²) in [5.74, 6) is 0.144. The number of carbonyl (C=O) groups is 1. The maximum atomic E-state index is 12.1. The van der Waals surface area contributed by atoms with Crippen LogP contribution in [-0.4, -0.2) is 10.8 Å². The molecule has 0 aliphatic carbocycles. The van der Waals surface area contributed by atoms with E-state index in [1.165, 1.54) is 4.88 Å². The van der Waals surface area contributed by atoms with Gasteiger partial charge in [0.15, 0.2) is 10.8 Å². The Kier molecular flexibility index (Phi) is 3.82. The lowest BCUT2D eigenvalue weighted by atomic mass is 9.91. The Hall–Kier alpha value is -0.700. The molecule has 0 aliphatic rings. The number of thiazole rings is 1. The summed E-state index contributed by atoms with van der Waals surface area (Å²) in [6, 6.07) is 0. The van der Waals surface area contributed by atoms with Gasteiger partial charge in [0.2, 0.25) is 0 Å². The summed E-state index contributed by atoms with van der Waals surface area (Å²) < 4.78 is 0. The van der Waals surface area contributed by atoms with Crippen LogP contribution < -0.4 is 0 Å². The third-order valence-electron chi connectivity index (χ3n) is 2.46. The average Bonchev–Trinajstić information content (AvgIpc) is 2.42.